The van der Waals surface area contributed by atoms with Crippen LogP contribution in [-0.2, 0) is 12.8 Å². The van der Waals surface area contributed by atoms with Crippen LogP contribution < -0.4 is 4.74 Å². The number of nitrogens with zero attached hydrogens (tertiary/aromatic N) is 3. The van der Waals surface area contributed by atoms with Crippen LogP contribution in [-0.4, -0.2) is 58.7 Å². The third kappa shape index (κ3) is 6.96. The number of aryl methyl sites for hydroxylation is 1. The minimum absolute atomic E-state index is 0.0119. The molecule has 1 aliphatic heterocycles. The summed E-state index contributed by atoms with van der Waals surface area (Å²) in [5.74, 6) is 0.658. The quantitative estimate of drug-likeness (QED) is 0.239. The summed E-state index contributed by atoms with van der Waals surface area (Å²) in [7, 11) is 0. The number of benzene rings is 1. The number of fused-ring (bicyclic) bond motifs is 2. The Morgan fingerprint density at radius 3 is 2.67 bits per heavy atom. The van der Waals surface area contributed by atoms with E-state index in [0.717, 1.165) is 17.8 Å². The van der Waals surface area contributed by atoms with Crippen molar-refractivity contribution in [1.29, 1.82) is 0 Å². The molecule has 1 aliphatic carbocycles. The second-order valence-corrected chi connectivity index (χ2v) is 10.9. The number of Topliss-reactive ketones (excluding diaryl/α,β-unsaturated/α-hetero) is 1. The van der Waals surface area contributed by atoms with E-state index >= 15 is 4.39 Å². The van der Waals surface area contributed by atoms with E-state index in [1.54, 1.807) is 19.1 Å². The number of rotatable bonds is 8. The summed E-state index contributed by atoms with van der Waals surface area (Å²) in [6.45, 7) is 2.42. The average Bonchev–Trinajstić information content (AvgIpc) is 3.16. The maximum absolute atomic E-state index is 15.7. The molecular weight excluding hydrogens is 514 g/mol. The predicted octanol–water partition coefficient (Wildman–Crippen LogP) is 6.43. The molecule has 0 atom stereocenters. The van der Waals surface area contributed by atoms with E-state index in [4.69, 9.17) is 9.15 Å². The number of alkyl halides is 4. The lowest BCUT2D eigenvalue weighted by Crippen LogP contribution is -2.36. The Morgan fingerprint density at radius 2 is 1.90 bits per heavy atom. The number of ether oxygens (including phenoxy) is 1. The van der Waals surface area contributed by atoms with Gasteiger partial charge >= 0.3 is 6.18 Å². The molecule has 0 spiro atoms. The van der Waals surface area contributed by atoms with Gasteiger partial charge in [0.05, 0.1) is 5.56 Å². The van der Waals surface area contributed by atoms with E-state index in [0.29, 0.717) is 87.0 Å². The van der Waals surface area contributed by atoms with Crippen LogP contribution >= 0.6 is 0 Å². The van der Waals surface area contributed by atoms with E-state index in [9.17, 15) is 18.0 Å². The summed E-state index contributed by atoms with van der Waals surface area (Å²) in [6, 6.07) is 8.66. The molecule has 1 saturated carbocycles. The molecule has 1 fully saturated rings. The Labute approximate surface area is 224 Å². The number of halogens is 4. The Bertz CT molecular complexity index is 1310. The number of ketones is 1. The van der Waals surface area contributed by atoms with Crippen molar-refractivity contribution in [2.45, 2.75) is 70.1 Å². The number of carbonyl (C=O) groups excluding carboxylic acids is 1. The van der Waals surface area contributed by atoms with Crippen molar-refractivity contribution in [2.24, 2.45) is 5.92 Å². The lowest BCUT2D eigenvalue weighted by molar-refractivity contribution is -0.154. The molecular formula is C29H33F4N3O3. The average molecular weight is 548 g/mol. The second kappa shape index (κ2) is 11.2. The van der Waals surface area contributed by atoms with Crippen LogP contribution in [0.15, 0.2) is 34.7 Å². The standard InChI is InChI=1S/C29H33F4N3O3/c1-19-34-24-4-2-3-22(27(24)39-19)25(37)17-20-7-11-28(30,12-8-20)13-16-36-14-9-21-5-6-26(35-23(21)10-15-36)38-18-29(31,32)33/h2-6,20H,7-18H2,1H3. The molecule has 2 aliphatic rings. The van der Waals surface area contributed by atoms with E-state index in [2.05, 4.69) is 14.9 Å². The van der Waals surface area contributed by atoms with E-state index in [-0.39, 0.29) is 17.6 Å². The Morgan fingerprint density at radius 1 is 1.13 bits per heavy atom. The summed E-state index contributed by atoms with van der Waals surface area (Å²) in [5, 5.41) is 0. The second-order valence-electron chi connectivity index (χ2n) is 10.9. The fourth-order valence-electron chi connectivity index (χ4n) is 5.73. The normalized spacial score (nSPS) is 22.4. The highest BCUT2D eigenvalue weighted by atomic mass is 19.4. The fraction of sp³-hybridized carbons (Fsp3) is 0.552. The Kier molecular flexibility index (Phi) is 7.94. The zero-order valence-electron chi connectivity index (χ0n) is 22.0. The first kappa shape index (κ1) is 27.6. The van der Waals surface area contributed by atoms with Gasteiger partial charge in [0.25, 0.3) is 0 Å². The van der Waals surface area contributed by atoms with Crippen molar-refractivity contribution in [3.63, 3.8) is 0 Å². The summed E-state index contributed by atoms with van der Waals surface area (Å²) < 4.78 is 63.5. The van der Waals surface area contributed by atoms with Gasteiger partial charge in [0.15, 0.2) is 23.9 Å². The lowest BCUT2D eigenvalue weighted by atomic mass is 9.76. The van der Waals surface area contributed by atoms with E-state index in [1.165, 1.54) is 6.07 Å². The topological polar surface area (TPSA) is 68.5 Å². The van der Waals surface area contributed by atoms with Crippen LogP contribution in [0.4, 0.5) is 17.6 Å². The SMILES string of the molecule is Cc1nc2cccc(C(=O)CC3CCC(F)(CCN4CCc5ccc(OCC(F)(F)F)nc5CC4)CC3)c2o1. The molecule has 3 heterocycles. The lowest BCUT2D eigenvalue weighted by Gasteiger charge is -2.35. The molecule has 0 bridgehead atoms. The van der Waals surface area contributed by atoms with Gasteiger partial charge in [-0.15, -0.1) is 0 Å². The molecule has 0 unspecified atom stereocenters. The van der Waals surface area contributed by atoms with Gasteiger partial charge in [0.2, 0.25) is 5.88 Å². The fourth-order valence-corrected chi connectivity index (χ4v) is 5.73. The Hall–Kier alpha value is -3.01. The summed E-state index contributed by atoms with van der Waals surface area (Å²) >= 11 is 0. The third-order valence-electron chi connectivity index (χ3n) is 7.96. The van der Waals surface area contributed by atoms with Gasteiger partial charge in [-0.05, 0) is 62.1 Å². The minimum atomic E-state index is -4.41. The van der Waals surface area contributed by atoms with Crippen LogP contribution in [0.1, 0.15) is 66.0 Å². The highest BCUT2D eigenvalue weighted by molar-refractivity contribution is 6.05. The first-order chi connectivity index (χ1) is 18.6. The Balaban J connectivity index is 1.09. The molecule has 10 heteroatoms. The molecule has 210 valence electrons. The van der Waals surface area contributed by atoms with Crippen molar-refractivity contribution in [1.82, 2.24) is 14.9 Å². The van der Waals surface area contributed by atoms with Crippen molar-refractivity contribution in [3.8, 4) is 5.88 Å². The minimum Gasteiger partial charge on any atom is -0.468 e. The van der Waals surface area contributed by atoms with E-state index < -0.39 is 18.5 Å². The number of carbonyl (C=O) groups is 1. The smallest absolute Gasteiger partial charge is 0.422 e. The molecule has 5 rings (SSSR count). The number of pyridine rings is 1. The van der Waals surface area contributed by atoms with Gasteiger partial charge in [-0.2, -0.15) is 13.2 Å². The number of hydrogen-bond acceptors (Lipinski definition) is 6. The molecule has 0 saturated heterocycles. The molecule has 39 heavy (non-hydrogen) atoms. The van der Waals surface area contributed by atoms with Crippen LogP contribution in [0.2, 0.25) is 0 Å². The zero-order valence-corrected chi connectivity index (χ0v) is 22.0. The largest absolute Gasteiger partial charge is 0.468 e. The maximum Gasteiger partial charge on any atom is 0.422 e. The monoisotopic (exact) mass is 547 g/mol. The summed E-state index contributed by atoms with van der Waals surface area (Å²) in [5.41, 5.74) is 2.22. The summed E-state index contributed by atoms with van der Waals surface area (Å²) in [4.78, 5) is 23.8. The number of oxazole rings is 1. The van der Waals surface area contributed by atoms with Crippen molar-refractivity contribution in [2.75, 3.05) is 26.2 Å². The van der Waals surface area contributed by atoms with Gasteiger partial charge < -0.3 is 14.1 Å². The zero-order chi connectivity index (χ0) is 27.6. The third-order valence-corrected chi connectivity index (χ3v) is 7.96. The number of aromatic nitrogens is 2. The van der Waals surface area contributed by atoms with Crippen LogP contribution in [0.3, 0.4) is 0 Å². The highest BCUT2D eigenvalue weighted by Crippen LogP contribution is 2.39. The molecule has 0 amide bonds. The molecule has 6 nitrogen and oxygen atoms in total. The number of hydrogen-bond donors (Lipinski definition) is 0. The van der Waals surface area contributed by atoms with Gasteiger partial charge in [0.1, 0.15) is 11.2 Å². The number of para-hydroxylation sites is 1. The maximum atomic E-state index is 15.7. The molecule has 1 aromatic carbocycles. The first-order valence-corrected chi connectivity index (χ1v) is 13.6. The molecule has 3 aromatic rings. The molecule has 0 radical (unpaired) electrons. The summed E-state index contributed by atoms with van der Waals surface area (Å²) in [6.07, 6.45) is -0.101. The predicted molar refractivity (Wildman–Crippen MR) is 138 cm³/mol. The van der Waals surface area contributed by atoms with Crippen LogP contribution in [0, 0.1) is 12.8 Å². The van der Waals surface area contributed by atoms with Crippen molar-refractivity contribution < 1.29 is 31.5 Å². The van der Waals surface area contributed by atoms with Crippen LogP contribution in [0.5, 0.6) is 5.88 Å². The molecule has 0 N–H and O–H groups in total. The first-order valence-electron chi connectivity index (χ1n) is 13.6. The van der Waals surface area contributed by atoms with E-state index in [1.807, 2.05) is 12.1 Å². The van der Waals surface area contributed by atoms with Gasteiger partial charge in [-0.25, -0.2) is 14.4 Å². The van der Waals surface area contributed by atoms with Gasteiger partial charge in [-0.1, -0.05) is 12.1 Å². The molecule has 2 aromatic heterocycles. The van der Waals surface area contributed by atoms with Gasteiger partial charge in [0, 0.05) is 51.2 Å². The van der Waals surface area contributed by atoms with Crippen molar-refractivity contribution >= 4 is 16.9 Å². The van der Waals surface area contributed by atoms with Crippen molar-refractivity contribution in [3.05, 3.63) is 53.0 Å². The van der Waals surface area contributed by atoms with Gasteiger partial charge in [-0.3, -0.25) is 4.79 Å². The highest BCUT2D eigenvalue weighted by Gasteiger charge is 2.36. The van der Waals surface area contributed by atoms with Crippen LogP contribution in [0.25, 0.3) is 11.1 Å².